The molecule has 6 heteroatoms. The van der Waals surface area contributed by atoms with Gasteiger partial charge in [-0.3, -0.25) is 14.3 Å². The number of piperidine rings is 1. The first-order chi connectivity index (χ1) is 8.61. The highest BCUT2D eigenvalue weighted by molar-refractivity contribution is 5.92. The number of likely N-dealkylation sites (tertiary alicyclic amines) is 1. The van der Waals surface area contributed by atoms with Gasteiger partial charge in [-0.2, -0.15) is 5.10 Å². The van der Waals surface area contributed by atoms with Crippen molar-refractivity contribution in [3.8, 4) is 0 Å². The molecule has 6 nitrogen and oxygen atoms in total. The summed E-state index contributed by atoms with van der Waals surface area (Å²) >= 11 is 0. The van der Waals surface area contributed by atoms with E-state index in [2.05, 4.69) is 10.4 Å². The van der Waals surface area contributed by atoms with Gasteiger partial charge in [-0.25, -0.2) is 0 Å². The molecule has 2 rings (SSSR count). The molecule has 0 saturated carbocycles. The average molecular weight is 250 g/mol. The lowest BCUT2D eigenvalue weighted by Gasteiger charge is -2.30. The fraction of sp³-hybridized carbons (Fsp3) is 0.583. The number of carbonyl (C=O) groups excluding carboxylic acids is 2. The molecular formula is C12H18N4O2. The third kappa shape index (κ3) is 2.52. The van der Waals surface area contributed by atoms with Crippen LogP contribution in [-0.2, 0) is 11.8 Å². The minimum absolute atomic E-state index is 0.0304. The number of aryl methyl sites for hydroxylation is 1. The second kappa shape index (κ2) is 5.20. The fourth-order valence-electron chi connectivity index (χ4n) is 2.24. The molecule has 1 aliphatic rings. The normalized spacial score (nSPS) is 16.7. The lowest BCUT2D eigenvalue weighted by atomic mass is 9.96. The Hall–Kier alpha value is -1.85. The van der Waals surface area contributed by atoms with E-state index in [0.29, 0.717) is 18.8 Å². The monoisotopic (exact) mass is 250 g/mol. The number of amides is 2. The molecular weight excluding hydrogens is 232 g/mol. The number of carbonyl (C=O) groups is 2. The third-order valence-electron chi connectivity index (χ3n) is 3.33. The van der Waals surface area contributed by atoms with Gasteiger partial charge in [0.1, 0.15) is 5.69 Å². The zero-order valence-electron chi connectivity index (χ0n) is 10.7. The predicted molar refractivity (Wildman–Crippen MR) is 65.9 cm³/mol. The maximum absolute atomic E-state index is 12.1. The number of nitrogens with zero attached hydrogens (tertiary/aromatic N) is 3. The van der Waals surface area contributed by atoms with E-state index in [1.165, 1.54) is 0 Å². The molecule has 2 heterocycles. The standard InChI is InChI=1S/C12H18N4O2/c1-13-11(17)9-3-7-16(8-4-9)12(18)10-5-6-15(2)14-10/h5-6,9H,3-4,7-8H2,1-2H3,(H,13,17). The average Bonchev–Trinajstić information content (AvgIpc) is 2.84. The highest BCUT2D eigenvalue weighted by Gasteiger charge is 2.27. The van der Waals surface area contributed by atoms with E-state index in [1.807, 2.05) is 0 Å². The van der Waals surface area contributed by atoms with Gasteiger partial charge in [0.05, 0.1) is 0 Å². The van der Waals surface area contributed by atoms with E-state index in [4.69, 9.17) is 0 Å². The van der Waals surface area contributed by atoms with E-state index in [1.54, 1.807) is 35.9 Å². The second-order valence-corrected chi connectivity index (χ2v) is 4.56. The van der Waals surface area contributed by atoms with Crippen molar-refractivity contribution >= 4 is 11.8 Å². The Morgan fingerprint density at radius 3 is 2.56 bits per heavy atom. The molecule has 0 spiro atoms. The van der Waals surface area contributed by atoms with Crippen molar-refractivity contribution in [1.29, 1.82) is 0 Å². The third-order valence-corrected chi connectivity index (χ3v) is 3.33. The van der Waals surface area contributed by atoms with Gasteiger partial charge in [0.2, 0.25) is 5.91 Å². The quantitative estimate of drug-likeness (QED) is 0.804. The molecule has 1 saturated heterocycles. The highest BCUT2D eigenvalue weighted by atomic mass is 16.2. The Morgan fingerprint density at radius 1 is 1.39 bits per heavy atom. The summed E-state index contributed by atoms with van der Waals surface area (Å²) in [6.45, 7) is 1.24. The molecule has 0 atom stereocenters. The molecule has 0 unspecified atom stereocenters. The molecule has 0 bridgehead atoms. The van der Waals surface area contributed by atoms with Gasteiger partial charge in [0.15, 0.2) is 0 Å². The first kappa shape index (κ1) is 12.6. The summed E-state index contributed by atoms with van der Waals surface area (Å²) in [7, 11) is 3.43. The number of nitrogens with one attached hydrogen (secondary N) is 1. The summed E-state index contributed by atoms with van der Waals surface area (Å²) in [6.07, 6.45) is 3.20. The van der Waals surface area contributed by atoms with Gasteiger partial charge in [0, 0.05) is 39.3 Å². The summed E-state index contributed by atoms with van der Waals surface area (Å²) in [6, 6.07) is 1.72. The van der Waals surface area contributed by atoms with Crippen LogP contribution in [0.2, 0.25) is 0 Å². The van der Waals surface area contributed by atoms with Crippen molar-refractivity contribution in [3.05, 3.63) is 18.0 Å². The van der Waals surface area contributed by atoms with E-state index < -0.39 is 0 Å². The molecule has 1 aromatic heterocycles. The van der Waals surface area contributed by atoms with Crippen molar-refractivity contribution in [2.24, 2.45) is 13.0 Å². The SMILES string of the molecule is CNC(=O)C1CCN(C(=O)c2ccn(C)n2)CC1. The van der Waals surface area contributed by atoms with Crippen LogP contribution in [0, 0.1) is 5.92 Å². The molecule has 18 heavy (non-hydrogen) atoms. The van der Waals surface area contributed by atoms with E-state index in [-0.39, 0.29) is 17.7 Å². The van der Waals surface area contributed by atoms with Gasteiger partial charge in [-0.1, -0.05) is 0 Å². The minimum Gasteiger partial charge on any atom is -0.359 e. The van der Waals surface area contributed by atoms with Crippen LogP contribution in [0.4, 0.5) is 0 Å². The van der Waals surface area contributed by atoms with Crippen LogP contribution in [0.1, 0.15) is 23.3 Å². The lowest BCUT2D eigenvalue weighted by molar-refractivity contribution is -0.125. The Morgan fingerprint density at radius 2 is 2.06 bits per heavy atom. The maximum Gasteiger partial charge on any atom is 0.274 e. The van der Waals surface area contributed by atoms with E-state index in [9.17, 15) is 9.59 Å². The smallest absolute Gasteiger partial charge is 0.274 e. The first-order valence-corrected chi connectivity index (χ1v) is 6.12. The lowest BCUT2D eigenvalue weighted by Crippen LogP contribution is -2.42. The van der Waals surface area contributed by atoms with Crippen LogP contribution >= 0.6 is 0 Å². The minimum atomic E-state index is -0.0500. The molecule has 98 valence electrons. The Balaban J connectivity index is 1.94. The molecule has 1 N–H and O–H groups in total. The summed E-state index contributed by atoms with van der Waals surface area (Å²) in [5.41, 5.74) is 0.468. The summed E-state index contributed by atoms with van der Waals surface area (Å²) in [5, 5.41) is 6.76. The highest BCUT2D eigenvalue weighted by Crippen LogP contribution is 2.18. The predicted octanol–water partition coefficient (Wildman–Crippen LogP) is 0.0183. The van der Waals surface area contributed by atoms with Crippen LogP contribution in [0.5, 0.6) is 0 Å². The van der Waals surface area contributed by atoms with Gasteiger partial charge in [-0.15, -0.1) is 0 Å². The van der Waals surface area contributed by atoms with Crippen LogP contribution in [0.15, 0.2) is 12.3 Å². The first-order valence-electron chi connectivity index (χ1n) is 6.12. The van der Waals surface area contributed by atoms with Crippen LogP contribution in [0.25, 0.3) is 0 Å². The van der Waals surface area contributed by atoms with Crippen LogP contribution in [0.3, 0.4) is 0 Å². The van der Waals surface area contributed by atoms with Crippen LogP contribution in [-0.4, -0.2) is 46.6 Å². The summed E-state index contributed by atoms with van der Waals surface area (Å²) in [4.78, 5) is 25.4. The fourth-order valence-corrected chi connectivity index (χ4v) is 2.24. The van der Waals surface area contributed by atoms with Crippen molar-refractivity contribution in [2.45, 2.75) is 12.8 Å². The van der Waals surface area contributed by atoms with Crippen molar-refractivity contribution < 1.29 is 9.59 Å². The molecule has 0 aliphatic carbocycles. The van der Waals surface area contributed by atoms with Gasteiger partial charge < -0.3 is 10.2 Å². The number of hydrogen-bond acceptors (Lipinski definition) is 3. The number of hydrogen-bond donors (Lipinski definition) is 1. The van der Waals surface area contributed by atoms with Crippen molar-refractivity contribution in [3.63, 3.8) is 0 Å². The Kier molecular flexibility index (Phi) is 3.64. The number of aromatic nitrogens is 2. The van der Waals surface area contributed by atoms with Gasteiger partial charge in [-0.05, 0) is 18.9 Å². The van der Waals surface area contributed by atoms with E-state index in [0.717, 1.165) is 12.8 Å². The van der Waals surface area contributed by atoms with Gasteiger partial charge in [0.25, 0.3) is 5.91 Å². The van der Waals surface area contributed by atoms with Crippen LogP contribution < -0.4 is 5.32 Å². The molecule has 1 aromatic rings. The largest absolute Gasteiger partial charge is 0.359 e. The molecule has 1 aliphatic heterocycles. The zero-order valence-corrected chi connectivity index (χ0v) is 10.7. The van der Waals surface area contributed by atoms with Gasteiger partial charge >= 0.3 is 0 Å². The van der Waals surface area contributed by atoms with E-state index >= 15 is 0 Å². The number of rotatable bonds is 2. The summed E-state index contributed by atoms with van der Waals surface area (Å²) in [5.74, 6) is 0.0497. The Labute approximate surface area is 106 Å². The molecule has 1 fully saturated rings. The Bertz CT molecular complexity index is 447. The topological polar surface area (TPSA) is 67.2 Å². The van der Waals surface area contributed by atoms with Crippen molar-refractivity contribution in [1.82, 2.24) is 20.0 Å². The summed E-state index contributed by atoms with van der Waals surface area (Å²) < 4.78 is 1.62. The zero-order chi connectivity index (χ0) is 13.1. The molecule has 2 amide bonds. The molecule has 0 aromatic carbocycles. The second-order valence-electron chi connectivity index (χ2n) is 4.56. The maximum atomic E-state index is 12.1. The van der Waals surface area contributed by atoms with Crippen molar-refractivity contribution in [2.75, 3.05) is 20.1 Å². The molecule has 0 radical (unpaired) electrons.